The SMILES string of the molecule is Fc1ccncc1C(F)(F)F. The highest BCUT2D eigenvalue weighted by atomic mass is 19.4. The molecule has 0 aliphatic heterocycles. The van der Waals surface area contributed by atoms with Crippen LogP contribution in [0.4, 0.5) is 17.6 Å². The summed E-state index contributed by atoms with van der Waals surface area (Å²) >= 11 is 0. The quantitative estimate of drug-likeness (QED) is 0.537. The number of nitrogens with zero attached hydrogens (tertiary/aromatic N) is 1. The smallest absolute Gasteiger partial charge is 0.264 e. The Hall–Kier alpha value is -1.13. The molecule has 0 unspecified atom stereocenters. The first-order valence-corrected chi connectivity index (χ1v) is 2.68. The summed E-state index contributed by atoms with van der Waals surface area (Å²) in [6, 6.07) is 0.669. The molecule has 0 fully saturated rings. The number of hydrogen-bond donors (Lipinski definition) is 0. The van der Waals surface area contributed by atoms with Gasteiger partial charge in [0.1, 0.15) is 11.4 Å². The maximum Gasteiger partial charge on any atom is 0.420 e. The van der Waals surface area contributed by atoms with Crippen molar-refractivity contribution >= 4 is 0 Å². The lowest BCUT2D eigenvalue weighted by molar-refractivity contribution is -0.140. The minimum absolute atomic E-state index is 0.454. The second kappa shape index (κ2) is 2.48. The van der Waals surface area contributed by atoms with Gasteiger partial charge in [-0.1, -0.05) is 0 Å². The fourth-order valence-corrected chi connectivity index (χ4v) is 0.586. The van der Waals surface area contributed by atoms with Gasteiger partial charge in [-0.25, -0.2) is 4.39 Å². The molecule has 60 valence electrons. The van der Waals surface area contributed by atoms with Crippen molar-refractivity contribution in [1.29, 1.82) is 0 Å². The van der Waals surface area contributed by atoms with Gasteiger partial charge in [0, 0.05) is 12.4 Å². The van der Waals surface area contributed by atoms with E-state index in [1.165, 1.54) is 0 Å². The van der Waals surface area contributed by atoms with E-state index in [1.54, 1.807) is 0 Å². The van der Waals surface area contributed by atoms with E-state index in [4.69, 9.17) is 0 Å². The summed E-state index contributed by atoms with van der Waals surface area (Å²) in [5.74, 6) is -1.30. The largest absolute Gasteiger partial charge is 0.420 e. The first-order valence-electron chi connectivity index (χ1n) is 2.68. The second-order valence-corrected chi connectivity index (χ2v) is 1.85. The van der Waals surface area contributed by atoms with E-state index in [2.05, 4.69) is 4.98 Å². The van der Waals surface area contributed by atoms with E-state index in [0.29, 0.717) is 12.3 Å². The summed E-state index contributed by atoms with van der Waals surface area (Å²) in [4.78, 5) is 3.15. The molecular formula is C6H3F4N. The minimum atomic E-state index is -4.65. The topological polar surface area (TPSA) is 12.9 Å². The Morgan fingerprint density at radius 2 is 1.91 bits per heavy atom. The van der Waals surface area contributed by atoms with Gasteiger partial charge in [-0.2, -0.15) is 13.2 Å². The second-order valence-electron chi connectivity index (χ2n) is 1.85. The van der Waals surface area contributed by atoms with Gasteiger partial charge < -0.3 is 0 Å². The molecule has 0 saturated heterocycles. The Kier molecular flexibility index (Phi) is 1.80. The summed E-state index contributed by atoms with van der Waals surface area (Å²) in [6.07, 6.45) is -3.24. The molecule has 0 saturated carbocycles. The maximum atomic E-state index is 12.3. The molecule has 0 amide bonds. The van der Waals surface area contributed by atoms with Crippen molar-refractivity contribution in [1.82, 2.24) is 4.98 Å². The third-order valence-corrected chi connectivity index (χ3v) is 1.07. The number of halogens is 4. The van der Waals surface area contributed by atoms with Gasteiger partial charge in [-0.15, -0.1) is 0 Å². The average Bonchev–Trinajstić information content (AvgIpc) is 1.86. The van der Waals surface area contributed by atoms with E-state index in [1.807, 2.05) is 0 Å². The Morgan fingerprint density at radius 1 is 1.27 bits per heavy atom. The Morgan fingerprint density at radius 3 is 2.27 bits per heavy atom. The van der Waals surface area contributed by atoms with Crippen LogP contribution in [0, 0.1) is 5.82 Å². The molecule has 0 aliphatic rings. The molecule has 1 aromatic heterocycles. The van der Waals surface area contributed by atoms with Crippen molar-refractivity contribution < 1.29 is 17.6 Å². The van der Waals surface area contributed by atoms with Gasteiger partial charge in [0.25, 0.3) is 0 Å². The van der Waals surface area contributed by atoms with E-state index >= 15 is 0 Å². The van der Waals surface area contributed by atoms with E-state index in [-0.39, 0.29) is 0 Å². The zero-order valence-electron chi connectivity index (χ0n) is 5.19. The zero-order valence-corrected chi connectivity index (χ0v) is 5.19. The molecule has 0 aromatic carbocycles. The van der Waals surface area contributed by atoms with Gasteiger partial charge in [0.05, 0.1) is 0 Å². The molecule has 0 spiro atoms. The van der Waals surface area contributed by atoms with Crippen molar-refractivity contribution in [3.63, 3.8) is 0 Å². The fourth-order valence-electron chi connectivity index (χ4n) is 0.586. The molecule has 1 aromatic rings. The van der Waals surface area contributed by atoms with Crippen LogP contribution in [0.2, 0.25) is 0 Å². The van der Waals surface area contributed by atoms with E-state index in [0.717, 1.165) is 6.20 Å². The predicted molar refractivity (Wildman–Crippen MR) is 29.2 cm³/mol. The molecular weight excluding hydrogens is 162 g/mol. The monoisotopic (exact) mass is 165 g/mol. The van der Waals surface area contributed by atoms with Gasteiger partial charge in [0.15, 0.2) is 0 Å². The minimum Gasteiger partial charge on any atom is -0.264 e. The number of rotatable bonds is 0. The molecule has 1 nitrogen and oxygen atoms in total. The standard InChI is InChI=1S/C6H3F4N/c7-5-1-2-11-3-4(5)6(8,9)10/h1-3H. The molecule has 1 heterocycles. The van der Waals surface area contributed by atoms with Crippen LogP contribution in [0.3, 0.4) is 0 Å². The van der Waals surface area contributed by atoms with Crippen molar-refractivity contribution in [2.75, 3.05) is 0 Å². The normalized spacial score (nSPS) is 11.6. The maximum absolute atomic E-state index is 12.3. The van der Waals surface area contributed by atoms with E-state index < -0.39 is 17.6 Å². The van der Waals surface area contributed by atoms with E-state index in [9.17, 15) is 17.6 Å². The lowest BCUT2D eigenvalue weighted by Crippen LogP contribution is -2.08. The van der Waals surface area contributed by atoms with Gasteiger partial charge in [0.2, 0.25) is 0 Å². The number of alkyl halides is 3. The van der Waals surface area contributed by atoms with Crippen LogP contribution >= 0.6 is 0 Å². The Labute approximate surface area is 59.7 Å². The summed E-state index contributed by atoms with van der Waals surface area (Å²) in [5.41, 5.74) is -1.33. The van der Waals surface area contributed by atoms with Gasteiger partial charge in [-0.05, 0) is 6.07 Å². The Bertz CT molecular complexity index is 255. The lowest BCUT2D eigenvalue weighted by Gasteiger charge is -2.05. The first-order chi connectivity index (χ1) is 5.02. The summed E-state index contributed by atoms with van der Waals surface area (Å²) in [5, 5.41) is 0. The van der Waals surface area contributed by atoms with Crippen LogP contribution < -0.4 is 0 Å². The number of pyridine rings is 1. The fraction of sp³-hybridized carbons (Fsp3) is 0.167. The molecule has 11 heavy (non-hydrogen) atoms. The van der Waals surface area contributed by atoms with Gasteiger partial charge >= 0.3 is 6.18 Å². The highest BCUT2D eigenvalue weighted by Crippen LogP contribution is 2.29. The van der Waals surface area contributed by atoms with Crippen LogP contribution in [-0.4, -0.2) is 4.98 Å². The van der Waals surface area contributed by atoms with Crippen LogP contribution in [0.5, 0.6) is 0 Å². The van der Waals surface area contributed by atoms with Gasteiger partial charge in [-0.3, -0.25) is 4.98 Å². The van der Waals surface area contributed by atoms with Crippen LogP contribution in [0.15, 0.2) is 18.5 Å². The summed E-state index contributed by atoms with van der Waals surface area (Å²) in [7, 11) is 0. The van der Waals surface area contributed by atoms with Crippen molar-refractivity contribution in [3.8, 4) is 0 Å². The molecule has 0 bridgehead atoms. The summed E-state index contributed by atoms with van der Waals surface area (Å²) in [6.45, 7) is 0. The molecule has 0 aliphatic carbocycles. The van der Waals surface area contributed by atoms with Crippen molar-refractivity contribution in [2.24, 2.45) is 0 Å². The zero-order chi connectivity index (χ0) is 8.48. The highest BCUT2D eigenvalue weighted by Gasteiger charge is 2.33. The third kappa shape index (κ3) is 1.66. The molecule has 5 heteroatoms. The van der Waals surface area contributed by atoms with Crippen molar-refractivity contribution in [3.05, 3.63) is 29.8 Å². The third-order valence-electron chi connectivity index (χ3n) is 1.07. The molecule has 1 rings (SSSR count). The molecule has 0 atom stereocenters. The van der Waals surface area contributed by atoms with Crippen LogP contribution in [-0.2, 0) is 6.18 Å². The summed E-state index contributed by atoms with van der Waals surface area (Å²) < 4.78 is 47.6. The first kappa shape index (κ1) is 7.97. The number of hydrogen-bond acceptors (Lipinski definition) is 1. The average molecular weight is 165 g/mol. The predicted octanol–water partition coefficient (Wildman–Crippen LogP) is 2.24. The highest BCUT2D eigenvalue weighted by molar-refractivity contribution is 5.14. The molecule has 0 radical (unpaired) electrons. The Balaban J connectivity index is 3.14. The lowest BCUT2D eigenvalue weighted by atomic mass is 10.3. The van der Waals surface area contributed by atoms with Crippen LogP contribution in [0.25, 0.3) is 0 Å². The van der Waals surface area contributed by atoms with Crippen molar-refractivity contribution in [2.45, 2.75) is 6.18 Å². The number of aromatic nitrogens is 1. The van der Waals surface area contributed by atoms with Crippen LogP contribution in [0.1, 0.15) is 5.56 Å². The molecule has 0 N–H and O–H groups in total.